The highest BCUT2D eigenvalue weighted by molar-refractivity contribution is 7.78. The number of rotatable bonds is 8. The number of piperidine rings is 2. The highest BCUT2D eigenvalue weighted by Gasteiger charge is 2.20. The maximum Gasteiger partial charge on any atom is 0.227 e. The van der Waals surface area contributed by atoms with E-state index in [0.717, 1.165) is 72.9 Å². The summed E-state index contributed by atoms with van der Waals surface area (Å²) in [5, 5.41) is 4.24. The number of nitrogens with zero attached hydrogens (tertiary/aromatic N) is 7. The zero-order valence-corrected chi connectivity index (χ0v) is 22.9. The number of nitrogens with one attached hydrogen (secondary N) is 3. The van der Waals surface area contributed by atoms with Gasteiger partial charge in [-0.1, -0.05) is 19.4 Å². The molecule has 6 rings (SSSR count). The molecule has 0 saturated carbocycles. The van der Waals surface area contributed by atoms with Gasteiger partial charge in [0.2, 0.25) is 5.95 Å². The van der Waals surface area contributed by atoms with Gasteiger partial charge in [0.05, 0.1) is 22.5 Å². The first-order chi connectivity index (χ1) is 19.2. The molecule has 1 atom stereocenters. The second kappa shape index (κ2) is 11.7. The highest BCUT2D eigenvalue weighted by Crippen LogP contribution is 2.30. The van der Waals surface area contributed by atoms with Gasteiger partial charge in [0.25, 0.3) is 0 Å². The van der Waals surface area contributed by atoms with Crippen LogP contribution >= 0.6 is 12.8 Å². The monoisotopic (exact) mass is 542 g/mol. The molecule has 0 aliphatic carbocycles. The van der Waals surface area contributed by atoms with Crippen molar-refractivity contribution in [1.82, 2.24) is 39.5 Å². The smallest absolute Gasteiger partial charge is 0.227 e. The standard InChI is InChI=1S/C28H34N10S/c1-19(24-12-20(7-8-29-24)16-37-9-5-6-22(17-37)36-39)34-28-30-14-21(15-31-28)25-13-23-26(35-25)32-18-33-27(23)38-10-3-2-4-11-38/h7-8,12-15,18,22,36,39H,1-6,9-11,16-17H2,(H,30,31,34)(H,32,33,35). The molecule has 39 heavy (non-hydrogen) atoms. The van der Waals surface area contributed by atoms with Crippen molar-refractivity contribution < 1.29 is 0 Å². The van der Waals surface area contributed by atoms with E-state index < -0.39 is 0 Å². The molecule has 0 aromatic carbocycles. The van der Waals surface area contributed by atoms with Gasteiger partial charge in [-0.2, -0.15) is 0 Å². The number of likely N-dealkylation sites (tertiary alicyclic amines) is 1. The summed E-state index contributed by atoms with van der Waals surface area (Å²) in [5.41, 5.74) is 5.25. The number of hydrogen-bond donors (Lipinski definition) is 4. The van der Waals surface area contributed by atoms with E-state index in [4.69, 9.17) is 0 Å². The van der Waals surface area contributed by atoms with Gasteiger partial charge in [0.1, 0.15) is 17.8 Å². The zero-order chi connectivity index (χ0) is 26.6. The van der Waals surface area contributed by atoms with Crippen molar-refractivity contribution in [3.05, 3.63) is 61.0 Å². The third-order valence-electron chi connectivity index (χ3n) is 7.51. The van der Waals surface area contributed by atoms with E-state index in [1.165, 1.54) is 31.2 Å². The number of fused-ring (bicyclic) bond motifs is 1. The Balaban J connectivity index is 1.13. The van der Waals surface area contributed by atoms with E-state index in [1.54, 1.807) is 18.7 Å². The molecule has 1 unspecified atom stereocenters. The molecular formula is C28H34N10S. The molecule has 0 radical (unpaired) electrons. The van der Waals surface area contributed by atoms with Crippen LogP contribution in [0.2, 0.25) is 0 Å². The average molecular weight is 543 g/mol. The molecule has 6 heterocycles. The Morgan fingerprint density at radius 3 is 2.69 bits per heavy atom. The molecule has 3 N–H and O–H groups in total. The summed E-state index contributed by atoms with van der Waals surface area (Å²) >= 11 is 4.26. The van der Waals surface area contributed by atoms with Crippen LogP contribution in [0.3, 0.4) is 0 Å². The number of anilines is 2. The van der Waals surface area contributed by atoms with E-state index in [0.29, 0.717) is 17.7 Å². The number of H-pyrrole nitrogens is 1. The van der Waals surface area contributed by atoms with Crippen LogP contribution < -0.4 is 14.9 Å². The van der Waals surface area contributed by atoms with Crippen LogP contribution in [0.25, 0.3) is 28.0 Å². The lowest BCUT2D eigenvalue weighted by atomic mass is 10.1. The van der Waals surface area contributed by atoms with Crippen molar-refractivity contribution >= 4 is 41.3 Å². The van der Waals surface area contributed by atoms with Gasteiger partial charge in [-0.3, -0.25) is 14.6 Å². The summed E-state index contributed by atoms with van der Waals surface area (Å²) < 4.78 is 3.11. The van der Waals surface area contributed by atoms with E-state index in [-0.39, 0.29) is 0 Å². The van der Waals surface area contributed by atoms with Gasteiger partial charge in [0, 0.05) is 56.4 Å². The summed E-state index contributed by atoms with van der Waals surface area (Å²) in [6, 6.07) is 6.65. The number of aromatic amines is 1. The lowest BCUT2D eigenvalue weighted by molar-refractivity contribution is 0.196. The molecule has 2 aliphatic rings. The van der Waals surface area contributed by atoms with Crippen LogP contribution in [0.4, 0.5) is 11.8 Å². The third-order valence-corrected chi connectivity index (χ3v) is 7.88. The maximum absolute atomic E-state index is 4.59. The van der Waals surface area contributed by atoms with E-state index in [9.17, 15) is 0 Å². The highest BCUT2D eigenvalue weighted by atomic mass is 32.1. The molecule has 0 spiro atoms. The van der Waals surface area contributed by atoms with Gasteiger partial charge in [-0.05, 0) is 62.4 Å². The van der Waals surface area contributed by atoms with Crippen LogP contribution in [-0.4, -0.2) is 67.0 Å². The van der Waals surface area contributed by atoms with Crippen LogP contribution in [0.15, 0.2) is 49.7 Å². The largest absolute Gasteiger partial charge is 0.356 e. The van der Waals surface area contributed by atoms with Crippen LogP contribution in [0.1, 0.15) is 43.4 Å². The summed E-state index contributed by atoms with van der Waals surface area (Å²) in [7, 11) is 0. The third kappa shape index (κ3) is 5.90. The van der Waals surface area contributed by atoms with Crippen LogP contribution in [-0.2, 0) is 6.54 Å². The molecular weight excluding hydrogens is 508 g/mol. The topological polar surface area (TPSA) is 111 Å². The molecule has 4 aromatic heterocycles. The fourth-order valence-corrected chi connectivity index (χ4v) is 5.68. The minimum atomic E-state index is 0.425. The molecule has 10 nitrogen and oxygen atoms in total. The Morgan fingerprint density at radius 1 is 1.03 bits per heavy atom. The van der Waals surface area contributed by atoms with Crippen molar-refractivity contribution in [3.8, 4) is 11.3 Å². The fourth-order valence-electron chi connectivity index (χ4n) is 5.47. The minimum Gasteiger partial charge on any atom is -0.356 e. The summed E-state index contributed by atoms with van der Waals surface area (Å²) in [4.78, 5) is 30.8. The molecule has 2 saturated heterocycles. The minimum absolute atomic E-state index is 0.425. The zero-order valence-electron chi connectivity index (χ0n) is 22.0. The molecule has 0 bridgehead atoms. The Hall–Kier alpha value is -3.54. The van der Waals surface area contributed by atoms with Crippen molar-refractivity contribution in [1.29, 1.82) is 0 Å². The van der Waals surface area contributed by atoms with E-state index in [1.807, 2.05) is 6.20 Å². The Morgan fingerprint density at radius 2 is 1.87 bits per heavy atom. The van der Waals surface area contributed by atoms with E-state index in [2.05, 4.69) is 87.3 Å². The fraction of sp³-hybridized carbons (Fsp3) is 0.393. The molecule has 11 heteroatoms. The van der Waals surface area contributed by atoms with Crippen LogP contribution in [0, 0.1) is 0 Å². The normalized spacial score (nSPS) is 18.4. The number of thiol groups is 1. The van der Waals surface area contributed by atoms with Crippen molar-refractivity contribution in [3.63, 3.8) is 0 Å². The van der Waals surface area contributed by atoms with Gasteiger partial charge in [0.15, 0.2) is 0 Å². The summed E-state index contributed by atoms with van der Waals surface area (Å²) in [6.07, 6.45) is 13.1. The second-order valence-electron chi connectivity index (χ2n) is 10.3. The lowest BCUT2D eigenvalue weighted by Crippen LogP contribution is -2.42. The molecule has 202 valence electrons. The average Bonchev–Trinajstić information content (AvgIpc) is 3.43. The molecule has 2 aliphatic heterocycles. The number of pyridine rings is 1. The lowest BCUT2D eigenvalue weighted by Gasteiger charge is -2.32. The van der Waals surface area contributed by atoms with Gasteiger partial charge >= 0.3 is 0 Å². The Labute approximate surface area is 233 Å². The predicted molar refractivity (Wildman–Crippen MR) is 158 cm³/mol. The van der Waals surface area contributed by atoms with Crippen molar-refractivity contribution in [2.24, 2.45) is 0 Å². The molecule has 2 fully saturated rings. The first-order valence-corrected chi connectivity index (χ1v) is 14.1. The SMILES string of the molecule is C=C(Nc1ncc(-c2cc3c(N4CCCCC4)ncnc3[nH]2)cn1)c1cc(CN2CCCC(NS)C2)ccn1. The van der Waals surface area contributed by atoms with Crippen molar-refractivity contribution in [2.75, 3.05) is 36.4 Å². The Kier molecular flexibility index (Phi) is 7.71. The van der Waals surface area contributed by atoms with Gasteiger partial charge in [-0.25, -0.2) is 19.9 Å². The first kappa shape index (κ1) is 25.7. The number of hydrogen-bond acceptors (Lipinski definition) is 10. The molecule has 4 aromatic rings. The maximum atomic E-state index is 4.59. The van der Waals surface area contributed by atoms with Gasteiger partial charge in [-0.15, -0.1) is 0 Å². The Bertz CT molecular complexity index is 1430. The summed E-state index contributed by atoms with van der Waals surface area (Å²) in [5.74, 6) is 1.46. The first-order valence-electron chi connectivity index (χ1n) is 13.6. The van der Waals surface area contributed by atoms with Gasteiger partial charge < -0.3 is 15.2 Å². The number of aromatic nitrogens is 6. The van der Waals surface area contributed by atoms with Crippen LogP contribution in [0.5, 0.6) is 0 Å². The quantitative estimate of drug-likeness (QED) is 0.243. The van der Waals surface area contributed by atoms with E-state index >= 15 is 0 Å². The predicted octanol–water partition coefficient (Wildman–Crippen LogP) is 4.28. The van der Waals surface area contributed by atoms with Crippen molar-refractivity contribution in [2.45, 2.75) is 44.7 Å². The summed E-state index contributed by atoms with van der Waals surface area (Å²) in [6.45, 7) is 9.19. The molecule has 0 amide bonds. The second-order valence-corrected chi connectivity index (χ2v) is 10.6.